The molecule has 1 aromatic rings. The van der Waals surface area contributed by atoms with Gasteiger partial charge in [-0.1, -0.05) is 23.2 Å². The van der Waals surface area contributed by atoms with Gasteiger partial charge in [0.1, 0.15) is 16.3 Å². The average Bonchev–Trinajstić information content (AvgIpc) is 2.77. The molecule has 18 heavy (non-hydrogen) atoms. The Morgan fingerprint density at radius 2 is 2.11 bits per heavy atom. The number of carbonyl (C=O) groups excluding carboxylic acids is 1. The van der Waals surface area contributed by atoms with Gasteiger partial charge in [-0.15, -0.1) is 0 Å². The van der Waals surface area contributed by atoms with Crippen molar-refractivity contribution in [2.75, 3.05) is 6.54 Å². The van der Waals surface area contributed by atoms with E-state index < -0.39 is 17.9 Å². The Morgan fingerprint density at radius 3 is 2.72 bits per heavy atom. The van der Waals surface area contributed by atoms with Crippen molar-refractivity contribution in [3.05, 3.63) is 28.0 Å². The fourth-order valence-electron chi connectivity index (χ4n) is 1.99. The molecule has 0 bridgehead atoms. The highest BCUT2D eigenvalue weighted by Crippen LogP contribution is 2.24. The van der Waals surface area contributed by atoms with Crippen LogP contribution in [0.15, 0.2) is 12.1 Å². The standard InChI is InChI=1S/C11H10Cl2N2O3/c12-8-4-3-6(9(13)14-8)10(16)15-5-1-2-7(15)11(17)18/h3-4,7H,1-2,5H2,(H,17,18). The predicted octanol–water partition coefficient (Wildman–Crippen LogP) is 2.08. The van der Waals surface area contributed by atoms with Gasteiger partial charge in [-0.05, 0) is 25.0 Å². The molecule has 0 spiro atoms. The molecule has 1 unspecified atom stereocenters. The molecule has 96 valence electrons. The first-order chi connectivity index (χ1) is 8.50. The monoisotopic (exact) mass is 288 g/mol. The van der Waals surface area contributed by atoms with E-state index in [0.717, 1.165) is 0 Å². The molecule has 1 aromatic heterocycles. The minimum atomic E-state index is -1.00. The first-order valence-electron chi connectivity index (χ1n) is 5.36. The van der Waals surface area contributed by atoms with Crippen LogP contribution in [0.5, 0.6) is 0 Å². The van der Waals surface area contributed by atoms with Crippen LogP contribution in [0.2, 0.25) is 10.3 Å². The SMILES string of the molecule is O=C(O)C1CCCN1C(=O)c1ccc(Cl)nc1Cl. The maximum Gasteiger partial charge on any atom is 0.326 e. The lowest BCUT2D eigenvalue weighted by molar-refractivity contribution is -0.141. The number of hydrogen-bond donors (Lipinski definition) is 1. The van der Waals surface area contributed by atoms with E-state index in [2.05, 4.69) is 4.98 Å². The Hall–Kier alpha value is -1.33. The Morgan fingerprint density at radius 1 is 1.39 bits per heavy atom. The molecule has 2 rings (SSSR count). The molecule has 0 radical (unpaired) electrons. The maximum absolute atomic E-state index is 12.2. The van der Waals surface area contributed by atoms with Gasteiger partial charge >= 0.3 is 5.97 Å². The molecule has 0 aliphatic carbocycles. The van der Waals surface area contributed by atoms with E-state index in [1.54, 1.807) is 0 Å². The van der Waals surface area contributed by atoms with Gasteiger partial charge in [0, 0.05) is 6.54 Å². The Labute approximate surface area is 113 Å². The largest absolute Gasteiger partial charge is 0.480 e. The van der Waals surface area contributed by atoms with Crippen molar-refractivity contribution in [1.82, 2.24) is 9.88 Å². The predicted molar refractivity (Wildman–Crippen MR) is 66.0 cm³/mol. The van der Waals surface area contributed by atoms with Gasteiger partial charge in [0.15, 0.2) is 0 Å². The van der Waals surface area contributed by atoms with Crippen molar-refractivity contribution < 1.29 is 14.7 Å². The Kier molecular flexibility index (Phi) is 3.73. The average molecular weight is 289 g/mol. The first-order valence-corrected chi connectivity index (χ1v) is 6.12. The number of pyridine rings is 1. The molecule has 0 saturated carbocycles. The van der Waals surface area contributed by atoms with Crippen molar-refractivity contribution >= 4 is 35.1 Å². The zero-order chi connectivity index (χ0) is 13.3. The summed E-state index contributed by atoms with van der Waals surface area (Å²) in [6.45, 7) is 0.411. The molecule has 1 fully saturated rings. The number of nitrogens with zero attached hydrogens (tertiary/aromatic N) is 2. The molecule has 1 aliphatic rings. The lowest BCUT2D eigenvalue weighted by atomic mass is 10.2. The van der Waals surface area contributed by atoms with Crippen LogP contribution in [0.4, 0.5) is 0 Å². The zero-order valence-corrected chi connectivity index (χ0v) is 10.8. The summed E-state index contributed by atoms with van der Waals surface area (Å²) >= 11 is 11.5. The third-order valence-corrected chi connectivity index (χ3v) is 3.34. The van der Waals surface area contributed by atoms with Gasteiger partial charge < -0.3 is 10.0 Å². The second-order valence-electron chi connectivity index (χ2n) is 3.97. The van der Waals surface area contributed by atoms with Crippen molar-refractivity contribution in [3.8, 4) is 0 Å². The quantitative estimate of drug-likeness (QED) is 0.846. The number of rotatable bonds is 2. The molecule has 2 heterocycles. The number of carboxylic acids is 1. The normalized spacial score (nSPS) is 19.0. The zero-order valence-electron chi connectivity index (χ0n) is 9.27. The first kappa shape index (κ1) is 13.1. The van der Waals surface area contributed by atoms with E-state index in [9.17, 15) is 9.59 Å². The number of carboxylic acid groups (broad SMARTS) is 1. The number of hydrogen-bond acceptors (Lipinski definition) is 3. The lowest BCUT2D eigenvalue weighted by Crippen LogP contribution is -2.40. The molecule has 1 saturated heterocycles. The highest BCUT2D eigenvalue weighted by molar-refractivity contribution is 6.34. The van der Waals surface area contributed by atoms with E-state index in [0.29, 0.717) is 19.4 Å². The fraction of sp³-hybridized carbons (Fsp3) is 0.364. The van der Waals surface area contributed by atoms with Crippen LogP contribution >= 0.6 is 23.2 Å². The number of amides is 1. The van der Waals surface area contributed by atoms with Crippen LogP contribution < -0.4 is 0 Å². The van der Waals surface area contributed by atoms with Gasteiger partial charge in [-0.3, -0.25) is 4.79 Å². The topological polar surface area (TPSA) is 70.5 Å². The minimum absolute atomic E-state index is 0.0106. The van der Waals surface area contributed by atoms with Gasteiger partial charge in [0.05, 0.1) is 5.56 Å². The van der Waals surface area contributed by atoms with E-state index in [4.69, 9.17) is 28.3 Å². The number of carbonyl (C=O) groups is 2. The van der Waals surface area contributed by atoms with Crippen LogP contribution in [-0.2, 0) is 4.79 Å². The maximum atomic E-state index is 12.2. The number of halogens is 2. The minimum Gasteiger partial charge on any atom is -0.480 e. The molecule has 0 aromatic carbocycles. The molecule has 1 aliphatic heterocycles. The third kappa shape index (κ3) is 2.42. The van der Waals surface area contributed by atoms with Gasteiger partial charge in [-0.25, -0.2) is 9.78 Å². The summed E-state index contributed by atoms with van der Waals surface area (Å²) in [5, 5.41) is 9.21. The summed E-state index contributed by atoms with van der Waals surface area (Å²) in [7, 11) is 0. The van der Waals surface area contributed by atoms with E-state index >= 15 is 0 Å². The van der Waals surface area contributed by atoms with Gasteiger partial charge in [-0.2, -0.15) is 0 Å². The van der Waals surface area contributed by atoms with Crippen molar-refractivity contribution in [2.24, 2.45) is 0 Å². The number of aromatic nitrogens is 1. The van der Waals surface area contributed by atoms with Gasteiger partial charge in [0.25, 0.3) is 5.91 Å². The van der Waals surface area contributed by atoms with E-state index in [1.807, 2.05) is 0 Å². The summed E-state index contributed by atoms with van der Waals surface area (Å²) in [5.74, 6) is -1.42. The molecule has 1 amide bonds. The van der Waals surface area contributed by atoms with Crippen LogP contribution in [0.3, 0.4) is 0 Å². The molecule has 5 nitrogen and oxygen atoms in total. The molecule has 1 N–H and O–H groups in total. The smallest absolute Gasteiger partial charge is 0.326 e. The molecule has 1 atom stereocenters. The van der Waals surface area contributed by atoms with Crippen molar-refractivity contribution in [3.63, 3.8) is 0 Å². The summed E-state index contributed by atoms with van der Waals surface area (Å²) in [6, 6.07) is 2.12. The van der Waals surface area contributed by atoms with Crippen LogP contribution in [-0.4, -0.2) is 39.5 Å². The third-order valence-electron chi connectivity index (χ3n) is 2.84. The van der Waals surface area contributed by atoms with Crippen LogP contribution in [0.1, 0.15) is 23.2 Å². The number of likely N-dealkylation sites (tertiary alicyclic amines) is 1. The van der Waals surface area contributed by atoms with E-state index in [-0.39, 0.29) is 15.9 Å². The fourth-order valence-corrected chi connectivity index (χ4v) is 2.42. The second kappa shape index (κ2) is 5.12. The van der Waals surface area contributed by atoms with Crippen LogP contribution in [0.25, 0.3) is 0 Å². The Bertz CT molecular complexity index is 507. The van der Waals surface area contributed by atoms with Crippen LogP contribution in [0, 0.1) is 0 Å². The second-order valence-corrected chi connectivity index (χ2v) is 4.71. The molecular weight excluding hydrogens is 279 g/mol. The van der Waals surface area contributed by atoms with Gasteiger partial charge in [0.2, 0.25) is 0 Å². The number of aliphatic carboxylic acids is 1. The summed E-state index contributed by atoms with van der Waals surface area (Å²) in [4.78, 5) is 28.3. The van der Waals surface area contributed by atoms with Crippen molar-refractivity contribution in [2.45, 2.75) is 18.9 Å². The highest BCUT2D eigenvalue weighted by atomic mass is 35.5. The van der Waals surface area contributed by atoms with Crippen molar-refractivity contribution in [1.29, 1.82) is 0 Å². The summed E-state index contributed by atoms with van der Waals surface area (Å²) in [5.41, 5.74) is 0.175. The summed E-state index contributed by atoms with van der Waals surface area (Å²) < 4.78 is 0. The van der Waals surface area contributed by atoms with E-state index in [1.165, 1.54) is 17.0 Å². The highest BCUT2D eigenvalue weighted by Gasteiger charge is 2.35. The lowest BCUT2D eigenvalue weighted by Gasteiger charge is -2.21. The molecule has 7 heteroatoms. The Balaban J connectivity index is 2.28. The molecular formula is C11H10Cl2N2O3. The summed E-state index contributed by atoms with van der Waals surface area (Å²) in [6.07, 6.45) is 1.13.